The van der Waals surface area contributed by atoms with Gasteiger partial charge in [-0.1, -0.05) is 30.1 Å². The minimum absolute atomic E-state index is 0.225. The largest absolute Gasteiger partial charge is 0.317 e. The molecule has 0 unspecified atom stereocenters. The molecule has 19 heavy (non-hydrogen) atoms. The number of rotatable bonds is 5. The van der Waals surface area contributed by atoms with Crippen molar-refractivity contribution in [1.82, 2.24) is 5.32 Å². The quantitative estimate of drug-likeness (QED) is 0.671. The van der Waals surface area contributed by atoms with Crippen LogP contribution in [0.3, 0.4) is 0 Å². The van der Waals surface area contributed by atoms with Gasteiger partial charge in [0.05, 0.1) is 21.3 Å². The van der Waals surface area contributed by atoms with Crippen LogP contribution < -0.4 is 10.2 Å². The second-order valence-electron chi connectivity index (χ2n) is 4.25. The maximum atomic E-state index is 12.0. The van der Waals surface area contributed by atoms with Gasteiger partial charge in [-0.15, -0.1) is 0 Å². The highest BCUT2D eigenvalue weighted by Gasteiger charge is 2.38. The first-order chi connectivity index (χ1) is 9.07. The summed E-state index contributed by atoms with van der Waals surface area (Å²) in [7, 11) is 0. The van der Waals surface area contributed by atoms with E-state index < -0.39 is 11.7 Å². The summed E-state index contributed by atoms with van der Waals surface area (Å²) >= 11 is 12.1. The van der Waals surface area contributed by atoms with Crippen LogP contribution in [0.4, 0.5) is 5.69 Å². The molecule has 1 N–H and O–H groups in total. The number of hydrogen-bond donors (Lipinski definition) is 1. The van der Waals surface area contributed by atoms with E-state index >= 15 is 0 Å². The molecule has 1 aliphatic heterocycles. The smallest absolute Gasteiger partial charge is 0.299 e. The van der Waals surface area contributed by atoms with Gasteiger partial charge in [-0.25, -0.2) is 0 Å². The predicted molar refractivity (Wildman–Crippen MR) is 76.3 cm³/mol. The molecule has 2 rings (SSSR count). The van der Waals surface area contributed by atoms with E-state index in [9.17, 15) is 9.59 Å². The Morgan fingerprint density at radius 3 is 2.58 bits per heavy atom. The van der Waals surface area contributed by atoms with Gasteiger partial charge in [-0.05, 0) is 31.6 Å². The third-order valence-corrected chi connectivity index (χ3v) is 3.62. The van der Waals surface area contributed by atoms with Crippen molar-refractivity contribution in [3.05, 3.63) is 27.7 Å². The number of hydrogen-bond acceptors (Lipinski definition) is 3. The Morgan fingerprint density at radius 2 is 1.89 bits per heavy atom. The molecule has 102 valence electrons. The monoisotopic (exact) mass is 300 g/mol. The minimum atomic E-state index is -0.578. The Labute approximate surface area is 121 Å². The van der Waals surface area contributed by atoms with Gasteiger partial charge in [0.25, 0.3) is 11.7 Å². The van der Waals surface area contributed by atoms with Crippen molar-refractivity contribution < 1.29 is 9.59 Å². The highest BCUT2D eigenvalue weighted by molar-refractivity contribution is 6.56. The number of anilines is 1. The molecule has 0 fully saturated rings. The van der Waals surface area contributed by atoms with E-state index in [4.69, 9.17) is 23.2 Å². The summed E-state index contributed by atoms with van der Waals surface area (Å²) in [4.78, 5) is 25.3. The van der Waals surface area contributed by atoms with Crippen LogP contribution in [-0.4, -0.2) is 31.3 Å². The van der Waals surface area contributed by atoms with Crippen molar-refractivity contribution >= 4 is 40.6 Å². The van der Waals surface area contributed by atoms with Crippen LogP contribution in [0, 0.1) is 0 Å². The maximum Gasteiger partial charge on any atom is 0.299 e. The lowest BCUT2D eigenvalue weighted by molar-refractivity contribution is -0.114. The number of carbonyl (C=O) groups is 2. The standard InChI is InChI=1S/C13H14Cl2N2O2/c1-2-16-6-3-7-17-11-9(15)5-4-8(14)10(11)12(18)13(17)19/h4-5,16H,2-3,6-7H2,1H3. The number of benzene rings is 1. The molecule has 0 aromatic heterocycles. The lowest BCUT2D eigenvalue weighted by Gasteiger charge is -2.17. The van der Waals surface area contributed by atoms with E-state index in [1.807, 2.05) is 6.92 Å². The molecule has 6 heteroatoms. The van der Waals surface area contributed by atoms with Crippen molar-refractivity contribution in [2.24, 2.45) is 0 Å². The molecule has 0 spiro atoms. The highest BCUT2D eigenvalue weighted by atomic mass is 35.5. The van der Waals surface area contributed by atoms with Crippen LogP contribution in [0.5, 0.6) is 0 Å². The number of amides is 1. The normalized spacial score (nSPS) is 14.2. The zero-order valence-electron chi connectivity index (χ0n) is 10.5. The number of fused-ring (bicyclic) bond motifs is 1. The molecule has 0 atom stereocenters. The summed E-state index contributed by atoms with van der Waals surface area (Å²) in [5, 5.41) is 3.81. The van der Waals surface area contributed by atoms with Gasteiger partial charge in [0.15, 0.2) is 0 Å². The Balaban J connectivity index is 2.26. The molecule has 1 heterocycles. The van der Waals surface area contributed by atoms with Crippen molar-refractivity contribution in [3.8, 4) is 0 Å². The molecule has 1 aliphatic rings. The van der Waals surface area contributed by atoms with Crippen LogP contribution in [0.15, 0.2) is 12.1 Å². The van der Waals surface area contributed by atoms with Gasteiger partial charge in [0.2, 0.25) is 0 Å². The summed E-state index contributed by atoms with van der Waals surface area (Å²) in [6.07, 6.45) is 0.745. The van der Waals surface area contributed by atoms with Crippen molar-refractivity contribution in [2.75, 3.05) is 24.5 Å². The highest BCUT2D eigenvalue weighted by Crippen LogP contribution is 2.39. The van der Waals surface area contributed by atoms with E-state index in [0.29, 0.717) is 17.3 Å². The van der Waals surface area contributed by atoms with Crippen LogP contribution >= 0.6 is 23.2 Å². The molecule has 0 saturated heterocycles. The number of nitrogens with one attached hydrogen (secondary N) is 1. The number of carbonyl (C=O) groups excluding carboxylic acids is 2. The van der Waals surface area contributed by atoms with Gasteiger partial charge in [-0.2, -0.15) is 0 Å². The molecule has 0 saturated carbocycles. The Kier molecular flexibility index (Phi) is 4.45. The van der Waals surface area contributed by atoms with E-state index in [0.717, 1.165) is 19.5 Å². The fraction of sp³-hybridized carbons (Fsp3) is 0.385. The van der Waals surface area contributed by atoms with Crippen LogP contribution in [0.1, 0.15) is 23.7 Å². The van der Waals surface area contributed by atoms with E-state index in [1.165, 1.54) is 11.0 Å². The average molecular weight is 301 g/mol. The van der Waals surface area contributed by atoms with Crippen LogP contribution in [0.2, 0.25) is 10.0 Å². The second kappa shape index (κ2) is 5.90. The Bertz CT molecular complexity index is 532. The molecule has 1 aromatic rings. The van der Waals surface area contributed by atoms with E-state index in [-0.39, 0.29) is 10.6 Å². The first kappa shape index (κ1) is 14.3. The number of Topliss-reactive ketones (excluding diaryl/α,β-unsaturated/α-hetero) is 1. The fourth-order valence-electron chi connectivity index (χ4n) is 2.10. The zero-order valence-corrected chi connectivity index (χ0v) is 12.0. The van der Waals surface area contributed by atoms with Crippen molar-refractivity contribution in [2.45, 2.75) is 13.3 Å². The Hall–Kier alpha value is -1.10. The van der Waals surface area contributed by atoms with Crippen molar-refractivity contribution in [3.63, 3.8) is 0 Å². The lowest BCUT2D eigenvalue weighted by atomic mass is 10.1. The summed E-state index contributed by atoms with van der Waals surface area (Å²) in [5.41, 5.74) is 0.670. The van der Waals surface area contributed by atoms with Gasteiger partial charge >= 0.3 is 0 Å². The van der Waals surface area contributed by atoms with Gasteiger partial charge in [-0.3, -0.25) is 9.59 Å². The topological polar surface area (TPSA) is 49.4 Å². The fourth-order valence-corrected chi connectivity index (χ4v) is 2.60. The third kappa shape index (κ3) is 2.61. The maximum absolute atomic E-state index is 12.0. The summed E-state index contributed by atoms with van der Waals surface area (Å²) in [6, 6.07) is 3.14. The first-order valence-electron chi connectivity index (χ1n) is 6.12. The third-order valence-electron chi connectivity index (χ3n) is 3.00. The average Bonchev–Trinajstić information content (AvgIpc) is 2.65. The summed E-state index contributed by atoms with van der Waals surface area (Å²) < 4.78 is 0. The van der Waals surface area contributed by atoms with Crippen LogP contribution in [0.25, 0.3) is 0 Å². The molecule has 0 aliphatic carbocycles. The van der Waals surface area contributed by atoms with Gasteiger partial charge in [0, 0.05) is 6.54 Å². The van der Waals surface area contributed by atoms with E-state index in [2.05, 4.69) is 5.32 Å². The first-order valence-corrected chi connectivity index (χ1v) is 6.88. The van der Waals surface area contributed by atoms with Crippen LogP contribution in [-0.2, 0) is 4.79 Å². The van der Waals surface area contributed by atoms with Crippen molar-refractivity contribution in [1.29, 1.82) is 0 Å². The number of ketones is 1. The van der Waals surface area contributed by atoms with E-state index in [1.54, 1.807) is 6.07 Å². The molecular formula is C13H14Cl2N2O2. The minimum Gasteiger partial charge on any atom is -0.317 e. The summed E-state index contributed by atoms with van der Waals surface area (Å²) in [6.45, 7) is 4.11. The number of nitrogens with zero attached hydrogens (tertiary/aromatic N) is 1. The SMILES string of the molecule is CCNCCCN1C(=O)C(=O)c2c(Cl)ccc(Cl)c21. The molecule has 0 bridgehead atoms. The Morgan fingerprint density at radius 1 is 1.21 bits per heavy atom. The molecule has 1 aromatic carbocycles. The molecular weight excluding hydrogens is 287 g/mol. The molecule has 0 radical (unpaired) electrons. The molecule has 4 nitrogen and oxygen atoms in total. The lowest BCUT2D eigenvalue weighted by Crippen LogP contribution is -2.32. The molecule has 1 amide bonds. The second-order valence-corrected chi connectivity index (χ2v) is 5.06. The zero-order chi connectivity index (χ0) is 14.0. The van der Waals surface area contributed by atoms with Gasteiger partial charge in [0.1, 0.15) is 0 Å². The number of halogens is 2. The summed E-state index contributed by atoms with van der Waals surface area (Å²) in [5.74, 6) is -1.13. The van der Waals surface area contributed by atoms with Gasteiger partial charge < -0.3 is 10.2 Å². The predicted octanol–water partition coefficient (Wildman–Crippen LogP) is 2.52.